The van der Waals surface area contributed by atoms with Crippen molar-refractivity contribution in [3.05, 3.63) is 35.6 Å². The molecule has 0 saturated carbocycles. The number of carbonyl (C=O) groups excluding carboxylic acids is 1. The van der Waals surface area contributed by atoms with Gasteiger partial charge in [-0.25, -0.2) is 8.78 Å². The molecule has 0 aliphatic carbocycles. The molecule has 17 heavy (non-hydrogen) atoms. The molecule has 0 spiro atoms. The maximum absolute atomic E-state index is 14.0. The van der Waals surface area contributed by atoms with Crippen molar-refractivity contribution in [2.45, 2.75) is 13.0 Å². The maximum atomic E-state index is 14.0. The highest BCUT2D eigenvalue weighted by molar-refractivity contribution is 6.02. The Morgan fingerprint density at radius 2 is 2.18 bits per heavy atom. The van der Waals surface area contributed by atoms with Gasteiger partial charge >= 0.3 is 0 Å². The zero-order valence-electron chi connectivity index (χ0n) is 9.38. The molecule has 0 fully saturated rings. The number of ketones is 1. The quantitative estimate of drug-likeness (QED) is 0.837. The van der Waals surface area contributed by atoms with Crippen molar-refractivity contribution in [3.63, 3.8) is 0 Å². The number of halogens is 2. The minimum absolute atomic E-state index is 0.0170. The van der Waals surface area contributed by atoms with E-state index in [2.05, 4.69) is 5.32 Å². The van der Waals surface area contributed by atoms with Crippen LogP contribution in [0.5, 0.6) is 0 Å². The van der Waals surface area contributed by atoms with Crippen molar-refractivity contribution in [3.8, 4) is 0 Å². The van der Waals surface area contributed by atoms with Gasteiger partial charge in [0.2, 0.25) is 0 Å². The lowest BCUT2D eigenvalue weighted by molar-refractivity contribution is 0.0951. The predicted molar refractivity (Wildman–Crippen MR) is 59.0 cm³/mol. The lowest BCUT2D eigenvalue weighted by Crippen LogP contribution is -2.31. The number of rotatable bonds is 3. The Balaban J connectivity index is 2.62. The van der Waals surface area contributed by atoms with Crippen molar-refractivity contribution in [1.82, 2.24) is 5.32 Å². The third-order valence-electron chi connectivity index (χ3n) is 2.72. The second kappa shape index (κ2) is 4.25. The summed E-state index contributed by atoms with van der Waals surface area (Å²) in [6.07, 6.45) is 1.19. The van der Waals surface area contributed by atoms with E-state index in [0.29, 0.717) is 0 Å². The number of fused-ring (bicyclic) bond motifs is 1. The fraction of sp³-hybridized carbons (Fsp3) is 0.250. The first kappa shape index (κ1) is 11.7. The SMILES string of the molecule is CNC(C)C(=O)c1cc(F)c2occc2c1F. The van der Waals surface area contributed by atoms with Crippen LogP contribution in [0.1, 0.15) is 17.3 Å². The van der Waals surface area contributed by atoms with Crippen LogP contribution in [0, 0.1) is 11.6 Å². The topological polar surface area (TPSA) is 42.2 Å². The molecule has 0 amide bonds. The summed E-state index contributed by atoms with van der Waals surface area (Å²) in [4.78, 5) is 11.8. The zero-order chi connectivity index (χ0) is 12.6. The third kappa shape index (κ3) is 1.82. The highest BCUT2D eigenvalue weighted by Gasteiger charge is 2.22. The molecule has 1 N–H and O–H groups in total. The van der Waals surface area contributed by atoms with Crippen LogP contribution >= 0.6 is 0 Å². The van der Waals surface area contributed by atoms with Crippen molar-refractivity contribution in [2.24, 2.45) is 0 Å². The summed E-state index contributed by atoms with van der Waals surface area (Å²) in [5, 5.41) is 2.67. The van der Waals surface area contributed by atoms with E-state index in [4.69, 9.17) is 4.42 Å². The average molecular weight is 239 g/mol. The monoisotopic (exact) mass is 239 g/mol. The lowest BCUT2D eigenvalue weighted by Gasteiger charge is -2.10. The van der Waals surface area contributed by atoms with E-state index in [9.17, 15) is 13.6 Å². The first-order valence-corrected chi connectivity index (χ1v) is 5.13. The van der Waals surface area contributed by atoms with Crippen molar-refractivity contribution >= 4 is 16.8 Å². The standard InChI is InChI=1S/C12H11F2NO2/c1-6(15-2)11(16)8-5-9(13)12-7(10(8)14)3-4-17-12/h3-6,15H,1-2H3. The van der Waals surface area contributed by atoms with E-state index in [1.807, 2.05) is 0 Å². The molecule has 0 bridgehead atoms. The van der Waals surface area contributed by atoms with E-state index < -0.39 is 23.5 Å². The Labute approximate surface area is 96.4 Å². The van der Waals surface area contributed by atoms with Gasteiger partial charge in [-0.3, -0.25) is 4.79 Å². The smallest absolute Gasteiger partial charge is 0.182 e. The summed E-state index contributed by atoms with van der Waals surface area (Å²) in [6.45, 7) is 1.58. The third-order valence-corrected chi connectivity index (χ3v) is 2.72. The van der Waals surface area contributed by atoms with E-state index in [1.54, 1.807) is 14.0 Å². The molecule has 1 aromatic carbocycles. The molecule has 1 unspecified atom stereocenters. The van der Waals surface area contributed by atoms with E-state index in [1.165, 1.54) is 12.3 Å². The number of hydrogen-bond donors (Lipinski definition) is 1. The summed E-state index contributed by atoms with van der Waals surface area (Å²) < 4.78 is 32.3. The molecule has 2 aromatic rings. The van der Waals surface area contributed by atoms with Crippen LogP contribution in [-0.2, 0) is 0 Å². The first-order valence-electron chi connectivity index (χ1n) is 5.13. The summed E-state index contributed by atoms with van der Waals surface area (Å²) in [6, 6.07) is 1.60. The molecule has 90 valence electrons. The van der Waals surface area contributed by atoms with Gasteiger partial charge < -0.3 is 9.73 Å². The van der Waals surface area contributed by atoms with Gasteiger partial charge in [0.25, 0.3) is 0 Å². The normalized spacial score (nSPS) is 12.9. The maximum Gasteiger partial charge on any atom is 0.182 e. The molecule has 2 rings (SSSR count). The van der Waals surface area contributed by atoms with Gasteiger partial charge in [-0.1, -0.05) is 0 Å². The summed E-state index contributed by atoms with van der Waals surface area (Å²) in [7, 11) is 1.58. The molecule has 0 aliphatic rings. The van der Waals surface area contributed by atoms with E-state index in [0.717, 1.165) is 6.07 Å². The van der Waals surface area contributed by atoms with Crippen LogP contribution in [-0.4, -0.2) is 18.9 Å². The van der Waals surface area contributed by atoms with Crippen LogP contribution < -0.4 is 5.32 Å². The van der Waals surface area contributed by atoms with E-state index in [-0.39, 0.29) is 16.5 Å². The van der Waals surface area contributed by atoms with Crippen LogP contribution in [0.25, 0.3) is 11.0 Å². The minimum Gasteiger partial charge on any atom is -0.461 e. The van der Waals surface area contributed by atoms with Gasteiger partial charge in [0.1, 0.15) is 5.82 Å². The Morgan fingerprint density at radius 1 is 1.47 bits per heavy atom. The number of hydrogen-bond acceptors (Lipinski definition) is 3. The molecule has 1 atom stereocenters. The molecular formula is C12H11F2NO2. The van der Waals surface area contributed by atoms with Crippen molar-refractivity contribution in [2.75, 3.05) is 7.05 Å². The molecule has 0 aliphatic heterocycles. The Hall–Kier alpha value is -1.75. The Bertz CT molecular complexity index is 577. The Morgan fingerprint density at radius 3 is 2.82 bits per heavy atom. The number of Topliss-reactive ketones (excluding diaryl/α,β-unsaturated/α-hetero) is 1. The van der Waals surface area contributed by atoms with Gasteiger partial charge in [0.15, 0.2) is 17.2 Å². The first-order chi connectivity index (χ1) is 8.06. The fourth-order valence-electron chi connectivity index (χ4n) is 1.61. The largest absolute Gasteiger partial charge is 0.461 e. The zero-order valence-corrected chi connectivity index (χ0v) is 9.38. The lowest BCUT2D eigenvalue weighted by atomic mass is 10.0. The summed E-state index contributed by atoms with van der Waals surface area (Å²) >= 11 is 0. The number of likely N-dealkylation sites (N-methyl/N-ethyl adjacent to an activating group) is 1. The molecule has 1 heterocycles. The average Bonchev–Trinajstić information content (AvgIpc) is 2.81. The molecule has 5 heteroatoms. The number of benzene rings is 1. The summed E-state index contributed by atoms with van der Waals surface area (Å²) in [5.74, 6) is -1.98. The molecule has 3 nitrogen and oxygen atoms in total. The van der Waals surface area contributed by atoms with Crippen LogP contribution in [0.2, 0.25) is 0 Å². The highest BCUT2D eigenvalue weighted by atomic mass is 19.1. The second-order valence-corrected chi connectivity index (χ2v) is 3.76. The minimum atomic E-state index is -0.748. The molecular weight excluding hydrogens is 228 g/mol. The fourth-order valence-corrected chi connectivity index (χ4v) is 1.61. The highest BCUT2D eigenvalue weighted by Crippen LogP contribution is 2.26. The molecule has 1 aromatic heterocycles. The summed E-state index contributed by atoms with van der Waals surface area (Å²) in [5.41, 5.74) is -0.436. The van der Waals surface area contributed by atoms with E-state index >= 15 is 0 Å². The second-order valence-electron chi connectivity index (χ2n) is 3.76. The number of carbonyl (C=O) groups is 1. The van der Waals surface area contributed by atoms with Gasteiger partial charge in [0.05, 0.1) is 23.3 Å². The van der Waals surface area contributed by atoms with Gasteiger partial charge in [0, 0.05) is 0 Å². The predicted octanol–water partition coefficient (Wildman–Crippen LogP) is 2.50. The van der Waals surface area contributed by atoms with Crippen molar-refractivity contribution < 1.29 is 18.0 Å². The van der Waals surface area contributed by atoms with Crippen LogP contribution in [0.4, 0.5) is 8.78 Å². The van der Waals surface area contributed by atoms with Gasteiger partial charge in [-0.05, 0) is 26.1 Å². The van der Waals surface area contributed by atoms with Crippen LogP contribution in [0.15, 0.2) is 22.8 Å². The van der Waals surface area contributed by atoms with Crippen molar-refractivity contribution in [1.29, 1.82) is 0 Å². The molecule has 0 saturated heterocycles. The number of furan rings is 1. The van der Waals surface area contributed by atoms with Gasteiger partial charge in [-0.2, -0.15) is 0 Å². The number of nitrogens with one attached hydrogen (secondary N) is 1. The molecule has 0 radical (unpaired) electrons. The van der Waals surface area contributed by atoms with Crippen LogP contribution in [0.3, 0.4) is 0 Å². The van der Waals surface area contributed by atoms with Gasteiger partial charge in [-0.15, -0.1) is 0 Å². The Kier molecular flexibility index (Phi) is 2.93.